The molecule has 42 heavy (non-hydrogen) atoms. The molecule has 0 saturated carbocycles. The smallest absolute Gasteiger partial charge is 0.326 e. The Bertz CT molecular complexity index is 1540. The first-order valence-electron chi connectivity index (χ1n) is 13.4. The van der Waals surface area contributed by atoms with Crippen LogP contribution in [0.5, 0.6) is 5.75 Å². The Morgan fingerprint density at radius 3 is 2.33 bits per heavy atom. The molecule has 8 heteroatoms. The molecule has 0 fully saturated rings. The van der Waals surface area contributed by atoms with Crippen molar-refractivity contribution in [3.63, 3.8) is 0 Å². The van der Waals surface area contributed by atoms with Gasteiger partial charge in [0.25, 0.3) is 0 Å². The van der Waals surface area contributed by atoms with E-state index in [0.29, 0.717) is 47.8 Å². The topological polar surface area (TPSA) is 95.9 Å². The number of carbonyl (C=O) groups excluding carboxylic acids is 2. The van der Waals surface area contributed by atoms with E-state index in [-0.39, 0.29) is 18.1 Å². The first-order valence-corrected chi connectivity index (χ1v) is 13.4. The Kier molecular flexibility index (Phi) is 10.2. The lowest BCUT2D eigenvalue weighted by atomic mass is 10.00. The van der Waals surface area contributed by atoms with Gasteiger partial charge in [0.05, 0.1) is 6.61 Å². The summed E-state index contributed by atoms with van der Waals surface area (Å²) in [6.45, 7) is 4.14. The summed E-state index contributed by atoms with van der Waals surface area (Å²) in [5.41, 5.74) is 2.56. The summed E-state index contributed by atoms with van der Waals surface area (Å²) in [7, 11) is 0. The van der Waals surface area contributed by atoms with Crippen LogP contribution >= 0.6 is 0 Å². The van der Waals surface area contributed by atoms with Gasteiger partial charge in [-0.15, -0.1) is 0 Å². The Balaban J connectivity index is 1.34. The van der Waals surface area contributed by atoms with Crippen molar-refractivity contribution in [2.45, 2.75) is 18.9 Å². The van der Waals surface area contributed by atoms with Crippen LogP contribution in [0, 0.1) is 5.82 Å². The molecule has 0 bridgehead atoms. The fourth-order valence-electron chi connectivity index (χ4n) is 4.43. The summed E-state index contributed by atoms with van der Waals surface area (Å²) in [6.07, 6.45) is 1.85. The Morgan fingerprint density at radius 1 is 0.929 bits per heavy atom. The van der Waals surface area contributed by atoms with Gasteiger partial charge < -0.3 is 20.1 Å². The van der Waals surface area contributed by atoms with E-state index in [9.17, 15) is 23.9 Å². The number of carbonyl (C=O) groups is 3. The van der Waals surface area contributed by atoms with Gasteiger partial charge in [0, 0.05) is 35.5 Å². The normalized spacial score (nSPS) is 11.3. The van der Waals surface area contributed by atoms with E-state index in [1.165, 1.54) is 23.1 Å². The lowest BCUT2D eigenvalue weighted by Gasteiger charge is -2.21. The van der Waals surface area contributed by atoms with Gasteiger partial charge in [-0.2, -0.15) is 0 Å². The van der Waals surface area contributed by atoms with Crippen molar-refractivity contribution >= 4 is 29.0 Å². The Hall–Kier alpha value is -5.24. The predicted molar refractivity (Wildman–Crippen MR) is 161 cm³/mol. The summed E-state index contributed by atoms with van der Waals surface area (Å²) in [6, 6.07) is 27.6. The minimum atomic E-state index is -1.05. The molecule has 0 aromatic heterocycles. The molecule has 0 spiro atoms. The number of halogens is 1. The largest absolute Gasteiger partial charge is 0.494 e. The zero-order valence-electron chi connectivity index (χ0n) is 22.9. The van der Waals surface area contributed by atoms with E-state index in [1.807, 2.05) is 6.07 Å². The maximum Gasteiger partial charge on any atom is 0.326 e. The zero-order chi connectivity index (χ0) is 29.9. The van der Waals surface area contributed by atoms with Gasteiger partial charge in [0.2, 0.25) is 5.91 Å². The third-order valence-electron chi connectivity index (χ3n) is 6.55. The number of nitrogens with zero attached hydrogens (tertiary/aromatic N) is 1. The highest BCUT2D eigenvalue weighted by molar-refractivity contribution is 6.12. The second-order valence-electron chi connectivity index (χ2n) is 9.50. The minimum absolute atomic E-state index is 0.176. The van der Waals surface area contributed by atoms with E-state index < -0.39 is 17.8 Å². The standard InChI is InChI=1S/C34H31FN2O5/c1-2-32(38)37(27-13-8-12-26(35)23-27)20-9-21-42-28-18-16-24(17-19-28)22-31(34(40)41)36-30-15-7-6-14-29(30)33(39)25-10-4-3-5-11-25/h2-8,10-19,23,31,36H,1,9,20-22H2,(H,40,41)/t31-/m0/s1. The van der Waals surface area contributed by atoms with E-state index in [2.05, 4.69) is 11.9 Å². The van der Waals surface area contributed by atoms with Crippen LogP contribution in [0.3, 0.4) is 0 Å². The fraction of sp³-hybridized carbons (Fsp3) is 0.147. The lowest BCUT2D eigenvalue weighted by Crippen LogP contribution is -2.32. The van der Waals surface area contributed by atoms with Gasteiger partial charge in [-0.3, -0.25) is 9.59 Å². The number of rotatable bonds is 14. The summed E-state index contributed by atoms with van der Waals surface area (Å²) < 4.78 is 19.5. The van der Waals surface area contributed by atoms with Gasteiger partial charge in [-0.1, -0.05) is 67.2 Å². The van der Waals surface area contributed by atoms with Crippen LogP contribution in [0.2, 0.25) is 0 Å². The molecule has 4 rings (SSSR count). The summed E-state index contributed by atoms with van der Waals surface area (Å²) in [5.74, 6) is -1.43. The number of benzene rings is 4. The number of amides is 1. The third-order valence-corrected chi connectivity index (χ3v) is 6.55. The molecule has 7 nitrogen and oxygen atoms in total. The number of aliphatic carboxylic acids is 1. The molecular formula is C34H31FN2O5. The quantitative estimate of drug-likeness (QED) is 0.108. The third kappa shape index (κ3) is 7.91. The highest BCUT2D eigenvalue weighted by atomic mass is 19.1. The average molecular weight is 567 g/mol. The number of anilines is 2. The van der Waals surface area contributed by atoms with Crippen molar-refractivity contribution in [3.8, 4) is 5.75 Å². The molecule has 214 valence electrons. The van der Waals surface area contributed by atoms with Crippen molar-refractivity contribution < 1.29 is 28.6 Å². The molecule has 0 unspecified atom stereocenters. The second kappa shape index (κ2) is 14.4. The molecule has 0 aliphatic rings. The lowest BCUT2D eigenvalue weighted by molar-refractivity contribution is -0.137. The first kappa shape index (κ1) is 29.7. The maximum absolute atomic E-state index is 13.6. The van der Waals surface area contributed by atoms with Crippen LogP contribution in [0.25, 0.3) is 0 Å². The molecular weight excluding hydrogens is 535 g/mol. The summed E-state index contributed by atoms with van der Waals surface area (Å²) in [4.78, 5) is 38.9. The number of carboxylic acids is 1. The van der Waals surface area contributed by atoms with Crippen molar-refractivity contribution in [1.29, 1.82) is 0 Å². The SMILES string of the molecule is C=CC(=O)N(CCCOc1ccc(C[C@H](Nc2ccccc2C(=O)c2ccccc2)C(=O)O)cc1)c1cccc(F)c1. The molecule has 1 amide bonds. The molecule has 4 aromatic rings. The van der Waals surface area contributed by atoms with Crippen LogP contribution in [0.15, 0.2) is 116 Å². The monoisotopic (exact) mass is 566 g/mol. The zero-order valence-corrected chi connectivity index (χ0v) is 22.9. The molecule has 0 aliphatic heterocycles. The molecule has 1 atom stereocenters. The molecule has 0 radical (unpaired) electrons. The van der Waals surface area contributed by atoms with Crippen molar-refractivity contribution in [1.82, 2.24) is 0 Å². The van der Waals surface area contributed by atoms with Gasteiger partial charge in [0.1, 0.15) is 17.6 Å². The molecule has 4 aromatic carbocycles. The van der Waals surface area contributed by atoms with Gasteiger partial charge in [0.15, 0.2) is 5.78 Å². The molecule has 0 heterocycles. The van der Waals surface area contributed by atoms with Crippen molar-refractivity contribution in [3.05, 3.63) is 138 Å². The number of para-hydroxylation sites is 1. The fourth-order valence-corrected chi connectivity index (χ4v) is 4.43. The van der Waals surface area contributed by atoms with E-state index in [1.54, 1.807) is 84.9 Å². The average Bonchev–Trinajstić information content (AvgIpc) is 3.01. The van der Waals surface area contributed by atoms with Gasteiger partial charge in [-0.05, 0) is 60.5 Å². The number of carboxylic acid groups (broad SMARTS) is 1. The number of ketones is 1. The Morgan fingerprint density at radius 2 is 1.64 bits per heavy atom. The number of nitrogens with one attached hydrogen (secondary N) is 1. The first-order chi connectivity index (χ1) is 20.4. The van der Waals surface area contributed by atoms with E-state index in [0.717, 1.165) is 5.56 Å². The van der Waals surface area contributed by atoms with Crippen molar-refractivity contribution in [2.24, 2.45) is 0 Å². The van der Waals surface area contributed by atoms with Crippen LogP contribution in [0.1, 0.15) is 27.9 Å². The molecule has 2 N–H and O–H groups in total. The van der Waals surface area contributed by atoms with Crippen LogP contribution in [-0.2, 0) is 16.0 Å². The summed E-state index contributed by atoms with van der Waals surface area (Å²) in [5, 5.41) is 12.9. The molecule has 0 aliphatic carbocycles. The van der Waals surface area contributed by atoms with Gasteiger partial charge >= 0.3 is 5.97 Å². The second-order valence-corrected chi connectivity index (χ2v) is 9.50. The maximum atomic E-state index is 13.6. The van der Waals surface area contributed by atoms with Crippen LogP contribution < -0.4 is 15.0 Å². The number of hydrogen-bond acceptors (Lipinski definition) is 5. The highest BCUT2D eigenvalue weighted by Gasteiger charge is 2.21. The highest BCUT2D eigenvalue weighted by Crippen LogP contribution is 2.22. The summed E-state index contributed by atoms with van der Waals surface area (Å²) >= 11 is 0. The number of ether oxygens (including phenoxy) is 1. The minimum Gasteiger partial charge on any atom is -0.494 e. The molecule has 0 saturated heterocycles. The number of hydrogen-bond donors (Lipinski definition) is 2. The van der Waals surface area contributed by atoms with Crippen LogP contribution in [-0.4, -0.2) is 42.0 Å². The Labute approximate surface area is 243 Å². The van der Waals surface area contributed by atoms with Gasteiger partial charge in [-0.25, -0.2) is 9.18 Å². The van der Waals surface area contributed by atoms with Crippen LogP contribution in [0.4, 0.5) is 15.8 Å². The van der Waals surface area contributed by atoms with E-state index >= 15 is 0 Å². The van der Waals surface area contributed by atoms with Crippen molar-refractivity contribution in [2.75, 3.05) is 23.4 Å². The van der Waals surface area contributed by atoms with E-state index in [4.69, 9.17) is 4.74 Å². The predicted octanol–water partition coefficient (Wildman–Crippen LogP) is 6.15.